The van der Waals surface area contributed by atoms with Crippen molar-refractivity contribution in [3.8, 4) is 0 Å². The molecule has 9 rings (SSSR count). The molecule has 0 bridgehead atoms. The Hall–Kier alpha value is -6.34. The van der Waals surface area contributed by atoms with Crippen LogP contribution in [0.5, 0.6) is 0 Å². The molecule has 0 aliphatic rings. The van der Waals surface area contributed by atoms with Crippen molar-refractivity contribution in [3.63, 3.8) is 0 Å². The molecule has 55 heavy (non-hydrogen) atoms. The van der Waals surface area contributed by atoms with Gasteiger partial charge in [-0.1, -0.05) is 52.2 Å². The molecule has 18 heteroatoms. The Morgan fingerprint density at radius 1 is 0.582 bits per heavy atom. The lowest BCUT2D eigenvalue weighted by Crippen LogP contribution is -2.11. The molecule has 8 heterocycles. The summed E-state index contributed by atoms with van der Waals surface area (Å²) in [7, 11) is 0. The predicted octanol–water partition coefficient (Wildman–Crippen LogP) is 8.81. The van der Waals surface area contributed by atoms with E-state index >= 15 is 0 Å². The van der Waals surface area contributed by atoms with E-state index < -0.39 is 5.91 Å². The van der Waals surface area contributed by atoms with Crippen molar-refractivity contribution in [2.75, 3.05) is 16.0 Å². The van der Waals surface area contributed by atoms with Gasteiger partial charge in [-0.05, 0) is 62.5 Å². The molecular weight excluding hydrogens is 777 g/mol. The summed E-state index contributed by atoms with van der Waals surface area (Å²) in [6.07, 6.45) is 7.89. The third-order valence-corrected chi connectivity index (χ3v) is 10.8. The van der Waals surface area contributed by atoms with Gasteiger partial charge in [0.25, 0.3) is 17.7 Å². The molecule has 0 aliphatic carbocycles. The SMILES string of the molecule is Cc1cc2sc(NC(=O)c3ccccc3)nc2cn1.Cc1cc2sc(NC(=O)c3ccsc3)nc2cn1.Cc1cc2sc(NC(=O)c3ncco3)nc2cn1. The van der Waals surface area contributed by atoms with Crippen LogP contribution in [-0.4, -0.2) is 52.6 Å². The van der Waals surface area contributed by atoms with Crippen molar-refractivity contribution in [1.82, 2.24) is 34.9 Å². The summed E-state index contributed by atoms with van der Waals surface area (Å²) >= 11 is 5.79. The van der Waals surface area contributed by atoms with Crippen LogP contribution in [0.25, 0.3) is 30.6 Å². The number of fused-ring (bicyclic) bond motifs is 3. The van der Waals surface area contributed by atoms with Crippen LogP contribution in [-0.2, 0) is 0 Å². The van der Waals surface area contributed by atoms with Crippen molar-refractivity contribution >= 4 is 109 Å². The van der Waals surface area contributed by atoms with Crippen molar-refractivity contribution in [2.45, 2.75) is 20.8 Å². The molecule has 1 aromatic carbocycles. The number of thiazole rings is 3. The lowest BCUT2D eigenvalue weighted by atomic mass is 10.2. The molecule has 0 saturated carbocycles. The van der Waals surface area contributed by atoms with E-state index in [1.54, 1.807) is 36.8 Å². The second-order valence-corrected chi connectivity index (χ2v) is 15.4. The molecule has 3 N–H and O–H groups in total. The minimum absolute atomic E-state index is 0.0172. The number of benzene rings is 1. The number of aromatic nitrogens is 7. The molecule has 274 valence electrons. The highest BCUT2D eigenvalue weighted by molar-refractivity contribution is 7.23. The summed E-state index contributed by atoms with van der Waals surface area (Å²) in [5.41, 5.74) is 6.46. The van der Waals surface area contributed by atoms with E-state index in [1.807, 2.05) is 67.9 Å². The topological polar surface area (TPSA) is 191 Å². The van der Waals surface area contributed by atoms with Crippen LogP contribution in [0, 0.1) is 20.8 Å². The second-order valence-electron chi connectivity index (χ2n) is 11.5. The van der Waals surface area contributed by atoms with Gasteiger partial charge in [0.15, 0.2) is 15.4 Å². The Morgan fingerprint density at radius 3 is 1.49 bits per heavy atom. The monoisotopic (exact) mass is 804 g/mol. The van der Waals surface area contributed by atoms with Gasteiger partial charge in [-0.25, -0.2) is 19.9 Å². The molecule has 9 aromatic rings. The molecule has 0 saturated heterocycles. The molecule has 0 aliphatic heterocycles. The number of hydrogen-bond donors (Lipinski definition) is 3. The lowest BCUT2D eigenvalue weighted by Gasteiger charge is -2.00. The number of anilines is 3. The standard InChI is InChI=1S/C14H11N3OS.C12H9N3OS2.C11H8N4O2S/c1-9-7-12-11(8-15-9)16-14(19-12)17-13(18)10-5-3-2-4-6-10;1-7-4-10-9(5-13-7)14-12(18-10)15-11(16)8-2-3-17-6-8;1-6-4-8-7(5-13-6)14-11(18-8)15-9(16)10-12-2-3-17-10/h2-8H,1H3,(H,16,17,18);2-6H,1H3,(H,14,15,16);2-5H,1H3,(H,14,15,16). The number of nitrogens with zero attached hydrogens (tertiary/aromatic N) is 7. The number of pyridine rings is 3. The number of nitrogens with one attached hydrogen (secondary N) is 3. The smallest absolute Gasteiger partial charge is 0.313 e. The summed E-state index contributed by atoms with van der Waals surface area (Å²) < 4.78 is 7.93. The highest BCUT2D eigenvalue weighted by Gasteiger charge is 2.14. The average molecular weight is 805 g/mol. The van der Waals surface area contributed by atoms with Crippen LogP contribution in [0.4, 0.5) is 15.4 Å². The molecular formula is C37H28N10O4S4. The molecule has 0 spiro atoms. The Morgan fingerprint density at radius 2 is 1.05 bits per heavy atom. The van der Waals surface area contributed by atoms with Gasteiger partial charge in [0.05, 0.1) is 44.5 Å². The van der Waals surface area contributed by atoms with Gasteiger partial charge in [0.1, 0.15) is 22.8 Å². The van der Waals surface area contributed by atoms with Crippen LogP contribution in [0.15, 0.2) is 101 Å². The van der Waals surface area contributed by atoms with Crippen molar-refractivity contribution in [3.05, 3.63) is 131 Å². The minimum atomic E-state index is -0.413. The first kappa shape index (κ1) is 37.0. The first-order valence-electron chi connectivity index (χ1n) is 16.3. The number of oxazole rings is 1. The van der Waals surface area contributed by atoms with Crippen LogP contribution in [0.2, 0.25) is 0 Å². The summed E-state index contributed by atoms with van der Waals surface area (Å²) in [5.74, 6) is -0.670. The number of carbonyl (C=O) groups is 3. The van der Waals surface area contributed by atoms with Crippen LogP contribution in [0.1, 0.15) is 48.5 Å². The van der Waals surface area contributed by atoms with Crippen molar-refractivity contribution < 1.29 is 18.8 Å². The van der Waals surface area contributed by atoms with E-state index in [9.17, 15) is 14.4 Å². The highest BCUT2D eigenvalue weighted by Crippen LogP contribution is 2.28. The first-order chi connectivity index (χ1) is 26.7. The maximum atomic E-state index is 12.0. The van der Waals surface area contributed by atoms with Gasteiger partial charge in [0, 0.05) is 28.0 Å². The van der Waals surface area contributed by atoms with E-state index in [0.29, 0.717) is 26.5 Å². The summed E-state index contributed by atoms with van der Waals surface area (Å²) in [6, 6.07) is 16.7. The molecule has 8 aromatic heterocycles. The fraction of sp³-hybridized carbons (Fsp3) is 0.0811. The molecule has 0 radical (unpaired) electrons. The van der Waals surface area contributed by atoms with E-state index in [-0.39, 0.29) is 17.7 Å². The van der Waals surface area contributed by atoms with E-state index in [4.69, 9.17) is 4.42 Å². The van der Waals surface area contributed by atoms with Gasteiger partial charge in [-0.3, -0.25) is 45.3 Å². The number of hydrogen-bond acceptors (Lipinski definition) is 15. The molecule has 0 unspecified atom stereocenters. The Bertz CT molecular complexity index is 2620. The average Bonchev–Trinajstić information content (AvgIpc) is 4.02. The Labute approximate surface area is 328 Å². The summed E-state index contributed by atoms with van der Waals surface area (Å²) in [4.78, 5) is 64.8. The number of carbonyl (C=O) groups excluding carboxylic acids is 3. The quantitative estimate of drug-likeness (QED) is 0.146. The third-order valence-electron chi connectivity index (χ3n) is 7.34. The number of rotatable bonds is 6. The van der Waals surface area contributed by atoms with Crippen molar-refractivity contribution in [2.24, 2.45) is 0 Å². The van der Waals surface area contributed by atoms with Crippen molar-refractivity contribution in [1.29, 1.82) is 0 Å². The maximum absolute atomic E-state index is 12.0. The number of amides is 3. The zero-order valence-corrected chi connectivity index (χ0v) is 32.4. The Balaban J connectivity index is 0.000000127. The number of thiophene rings is 1. The number of aryl methyl sites for hydroxylation is 3. The third kappa shape index (κ3) is 9.43. The predicted molar refractivity (Wildman–Crippen MR) is 218 cm³/mol. The van der Waals surface area contributed by atoms with Gasteiger partial charge in [-0.15, -0.1) is 0 Å². The van der Waals surface area contributed by atoms with Gasteiger partial charge < -0.3 is 4.42 Å². The zero-order valence-electron chi connectivity index (χ0n) is 29.1. The zero-order chi connectivity index (χ0) is 38.3. The first-order valence-corrected chi connectivity index (χ1v) is 19.7. The van der Waals surface area contributed by atoms with Gasteiger partial charge in [-0.2, -0.15) is 11.3 Å². The summed E-state index contributed by atoms with van der Waals surface area (Å²) in [5, 5.41) is 13.6. The van der Waals surface area contributed by atoms with E-state index in [1.165, 1.54) is 57.8 Å². The highest BCUT2D eigenvalue weighted by atomic mass is 32.1. The van der Waals surface area contributed by atoms with Crippen LogP contribution in [0.3, 0.4) is 0 Å². The lowest BCUT2D eigenvalue weighted by molar-refractivity contribution is 0.0987. The fourth-order valence-electron chi connectivity index (χ4n) is 4.76. The minimum Gasteiger partial charge on any atom is -0.441 e. The molecule has 0 atom stereocenters. The van der Waals surface area contributed by atoms with Gasteiger partial charge in [0.2, 0.25) is 0 Å². The van der Waals surface area contributed by atoms with E-state index in [2.05, 4.69) is 50.8 Å². The second kappa shape index (κ2) is 16.8. The van der Waals surface area contributed by atoms with Crippen LogP contribution < -0.4 is 16.0 Å². The van der Waals surface area contributed by atoms with E-state index in [0.717, 1.165) is 47.7 Å². The largest absolute Gasteiger partial charge is 0.441 e. The molecule has 14 nitrogen and oxygen atoms in total. The van der Waals surface area contributed by atoms with Crippen LogP contribution >= 0.6 is 45.3 Å². The molecule has 3 amide bonds. The Kier molecular flexibility index (Phi) is 11.3. The normalized spacial score (nSPS) is 10.7. The molecule has 0 fully saturated rings. The van der Waals surface area contributed by atoms with Gasteiger partial charge >= 0.3 is 5.91 Å². The maximum Gasteiger partial charge on any atom is 0.313 e. The fourth-order valence-corrected chi connectivity index (χ4v) is 8.18. The summed E-state index contributed by atoms with van der Waals surface area (Å²) in [6.45, 7) is 5.77.